The summed E-state index contributed by atoms with van der Waals surface area (Å²) in [6.45, 7) is 0. The van der Waals surface area contributed by atoms with Crippen molar-refractivity contribution in [2.24, 2.45) is 0 Å². The summed E-state index contributed by atoms with van der Waals surface area (Å²) in [5.74, 6) is -4.59. The Morgan fingerprint density at radius 3 is 2.48 bits per heavy atom. The van der Waals surface area contributed by atoms with Crippen molar-refractivity contribution in [1.29, 1.82) is 0 Å². The number of carbonyl (C=O) groups excluding carboxylic acids is 2. The molecule has 0 saturated carbocycles. The summed E-state index contributed by atoms with van der Waals surface area (Å²) in [5.41, 5.74) is 4.27. The highest BCUT2D eigenvalue weighted by molar-refractivity contribution is 9.10. The van der Waals surface area contributed by atoms with Gasteiger partial charge in [-0.2, -0.15) is 0 Å². The van der Waals surface area contributed by atoms with Gasteiger partial charge in [-0.1, -0.05) is 11.6 Å². The van der Waals surface area contributed by atoms with Crippen LogP contribution in [0.1, 0.15) is 20.7 Å². The molecule has 0 spiro atoms. The summed E-state index contributed by atoms with van der Waals surface area (Å²) < 4.78 is 27.7. The van der Waals surface area contributed by atoms with Gasteiger partial charge in [0.1, 0.15) is 10.8 Å². The Morgan fingerprint density at radius 2 is 1.83 bits per heavy atom. The number of amides is 2. The molecule has 3 N–H and O–H groups in total. The number of carbonyl (C=O) groups is 2. The van der Waals surface area contributed by atoms with Gasteiger partial charge < -0.3 is 5.73 Å². The zero-order valence-corrected chi connectivity index (χ0v) is 13.3. The molecule has 2 amide bonds. The highest BCUT2D eigenvalue weighted by Crippen LogP contribution is 2.34. The van der Waals surface area contributed by atoms with E-state index in [2.05, 4.69) is 15.9 Å². The number of hydrogen-bond acceptors (Lipinski definition) is 4. The Morgan fingerprint density at radius 1 is 1.17 bits per heavy atom. The molecule has 2 aromatic rings. The maximum atomic E-state index is 13.7. The monoisotopic (exact) mass is 403 g/mol. The molecule has 10 heteroatoms. The number of imide groups is 1. The number of hydrogen-bond donors (Lipinski definition) is 2. The molecule has 1 aromatic carbocycles. The molecule has 0 bridgehead atoms. The number of halogens is 4. The molecule has 3 rings (SSSR count). The molecule has 0 atom stereocenters. The first-order valence-corrected chi connectivity index (χ1v) is 7.15. The average Bonchev–Trinajstić information content (AvgIpc) is 2.74. The number of nitrogen functional groups attached to an aromatic ring is 1. The maximum absolute atomic E-state index is 13.7. The van der Waals surface area contributed by atoms with Crippen molar-refractivity contribution < 1.29 is 18.4 Å². The number of aromatic nitrogens is 1. The van der Waals surface area contributed by atoms with Gasteiger partial charge in [-0.25, -0.2) is 8.78 Å². The number of nitrogens with one attached hydrogen (secondary N) is 1. The molecule has 23 heavy (non-hydrogen) atoms. The van der Waals surface area contributed by atoms with E-state index in [1.165, 1.54) is 0 Å². The van der Waals surface area contributed by atoms with Gasteiger partial charge in [0, 0.05) is 10.5 Å². The van der Waals surface area contributed by atoms with Crippen LogP contribution in [0.15, 0.2) is 21.4 Å². The number of benzene rings is 1. The third kappa shape index (κ3) is 2.15. The standard InChI is InChI=1S/C13H5BrClF2N3O3/c14-4-2-5(16)9(17)8(15)10(4)20-6(21)1-3-7(11(20)18)13(23)19-12(3)22/h1-2H,18H2,(H,19,22,23). The fourth-order valence-electron chi connectivity index (χ4n) is 2.27. The first kappa shape index (κ1) is 15.6. The van der Waals surface area contributed by atoms with Crippen molar-refractivity contribution in [2.45, 2.75) is 0 Å². The largest absolute Gasteiger partial charge is 0.384 e. The average molecular weight is 405 g/mol. The molecular formula is C13H5BrClF2N3O3. The van der Waals surface area contributed by atoms with Crippen LogP contribution in [0.5, 0.6) is 0 Å². The van der Waals surface area contributed by atoms with E-state index in [0.717, 1.165) is 16.7 Å². The van der Waals surface area contributed by atoms with E-state index >= 15 is 0 Å². The molecule has 0 saturated heterocycles. The van der Waals surface area contributed by atoms with Gasteiger partial charge in [-0.15, -0.1) is 0 Å². The van der Waals surface area contributed by atoms with Crippen LogP contribution in [0, 0.1) is 11.6 Å². The van der Waals surface area contributed by atoms with Gasteiger partial charge in [0.05, 0.1) is 16.8 Å². The lowest BCUT2D eigenvalue weighted by Gasteiger charge is -2.15. The lowest BCUT2D eigenvalue weighted by Crippen LogP contribution is -2.25. The molecule has 2 heterocycles. The third-order valence-electron chi connectivity index (χ3n) is 3.27. The first-order chi connectivity index (χ1) is 10.7. The summed E-state index contributed by atoms with van der Waals surface area (Å²) in [7, 11) is 0. The highest BCUT2D eigenvalue weighted by atomic mass is 79.9. The summed E-state index contributed by atoms with van der Waals surface area (Å²) in [6, 6.07) is 1.64. The Hall–Kier alpha value is -2.26. The number of nitrogens with two attached hydrogens (primary N) is 1. The number of fused-ring (bicyclic) bond motifs is 1. The number of pyridine rings is 1. The Bertz CT molecular complexity index is 974. The van der Waals surface area contributed by atoms with Crippen LogP contribution in [-0.4, -0.2) is 16.4 Å². The van der Waals surface area contributed by atoms with Gasteiger partial charge in [0.2, 0.25) is 0 Å². The predicted octanol–water partition coefficient (Wildman–Crippen LogP) is 2.00. The molecule has 1 aliphatic heterocycles. The highest BCUT2D eigenvalue weighted by Gasteiger charge is 2.33. The predicted molar refractivity (Wildman–Crippen MR) is 80.9 cm³/mol. The van der Waals surface area contributed by atoms with E-state index in [9.17, 15) is 23.2 Å². The number of rotatable bonds is 1. The zero-order chi connectivity index (χ0) is 17.0. The Kier molecular flexibility index (Phi) is 3.49. The molecule has 1 aliphatic rings. The summed E-state index contributed by atoms with van der Waals surface area (Å²) in [6.07, 6.45) is 0. The second-order valence-corrected chi connectivity index (χ2v) is 5.82. The molecule has 118 valence electrons. The van der Waals surface area contributed by atoms with Crippen LogP contribution in [0.2, 0.25) is 5.02 Å². The molecular weight excluding hydrogens is 400 g/mol. The lowest BCUT2D eigenvalue weighted by atomic mass is 10.1. The molecule has 6 nitrogen and oxygen atoms in total. The number of nitrogens with zero attached hydrogens (tertiary/aromatic N) is 1. The van der Waals surface area contributed by atoms with E-state index < -0.39 is 39.8 Å². The minimum Gasteiger partial charge on any atom is -0.384 e. The normalized spacial score (nSPS) is 13.2. The minimum atomic E-state index is -1.38. The van der Waals surface area contributed by atoms with E-state index in [4.69, 9.17) is 17.3 Å². The molecule has 1 aromatic heterocycles. The second kappa shape index (κ2) is 5.14. The van der Waals surface area contributed by atoms with Crippen LogP contribution >= 0.6 is 27.5 Å². The van der Waals surface area contributed by atoms with E-state index in [-0.39, 0.29) is 21.3 Å². The second-order valence-electron chi connectivity index (χ2n) is 4.59. The fraction of sp³-hybridized carbons (Fsp3) is 0. The fourth-order valence-corrected chi connectivity index (χ4v) is 3.24. The van der Waals surface area contributed by atoms with E-state index in [1.807, 2.05) is 5.32 Å². The van der Waals surface area contributed by atoms with Crippen molar-refractivity contribution >= 4 is 45.2 Å². The van der Waals surface area contributed by atoms with Crippen LogP contribution < -0.4 is 16.6 Å². The molecule has 0 aliphatic carbocycles. The quantitative estimate of drug-likeness (QED) is 0.432. The molecule has 0 radical (unpaired) electrons. The molecule has 0 unspecified atom stereocenters. The van der Waals surface area contributed by atoms with Crippen molar-refractivity contribution in [3.05, 3.63) is 54.7 Å². The van der Waals surface area contributed by atoms with Gasteiger partial charge in [-0.05, 0) is 22.0 Å². The summed E-state index contributed by atoms with van der Waals surface area (Å²) >= 11 is 8.74. The van der Waals surface area contributed by atoms with Crippen LogP contribution in [0.4, 0.5) is 14.6 Å². The van der Waals surface area contributed by atoms with Crippen LogP contribution in [-0.2, 0) is 0 Å². The Balaban J connectivity index is 2.43. The zero-order valence-electron chi connectivity index (χ0n) is 10.9. The Labute approximate surface area is 140 Å². The van der Waals surface area contributed by atoms with Crippen LogP contribution in [0.3, 0.4) is 0 Å². The van der Waals surface area contributed by atoms with Crippen LogP contribution in [0.25, 0.3) is 5.69 Å². The van der Waals surface area contributed by atoms with Gasteiger partial charge in [0.15, 0.2) is 11.6 Å². The first-order valence-electron chi connectivity index (χ1n) is 5.98. The maximum Gasteiger partial charge on any atom is 0.262 e. The summed E-state index contributed by atoms with van der Waals surface area (Å²) in [5, 5.41) is 1.29. The minimum absolute atomic E-state index is 0.0557. The van der Waals surface area contributed by atoms with Crippen molar-refractivity contribution in [2.75, 3.05) is 5.73 Å². The SMILES string of the molecule is Nc1c2c(cc(=O)n1-c1c(Br)cc(F)c(F)c1Cl)C(=O)NC2=O. The van der Waals surface area contributed by atoms with Crippen molar-refractivity contribution in [1.82, 2.24) is 9.88 Å². The smallest absolute Gasteiger partial charge is 0.262 e. The molecule has 0 fully saturated rings. The van der Waals surface area contributed by atoms with Gasteiger partial charge in [0.25, 0.3) is 17.4 Å². The van der Waals surface area contributed by atoms with Crippen molar-refractivity contribution in [3.8, 4) is 5.69 Å². The van der Waals surface area contributed by atoms with Gasteiger partial charge in [-0.3, -0.25) is 24.3 Å². The topological polar surface area (TPSA) is 94.2 Å². The van der Waals surface area contributed by atoms with Gasteiger partial charge >= 0.3 is 0 Å². The van der Waals surface area contributed by atoms with E-state index in [1.54, 1.807) is 0 Å². The lowest BCUT2D eigenvalue weighted by molar-refractivity contribution is 0.0880. The third-order valence-corrected chi connectivity index (χ3v) is 4.22. The van der Waals surface area contributed by atoms with Crippen molar-refractivity contribution in [3.63, 3.8) is 0 Å². The number of anilines is 1. The summed E-state index contributed by atoms with van der Waals surface area (Å²) in [4.78, 5) is 35.6. The van der Waals surface area contributed by atoms with E-state index in [0.29, 0.717) is 0 Å².